The van der Waals surface area contributed by atoms with Crippen molar-refractivity contribution in [2.24, 2.45) is 0 Å². The van der Waals surface area contributed by atoms with Crippen molar-refractivity contribution >= 4 is 33.3 Å². The van der Waals surface area contributed by atoms with Crippen molar-refractivity contribution < 1.29 is 23.9 Å². The predicted octanol–water partition coefficient (Wildman–Crippen LogP) is 3.88. The molecule has 0 atom stereocenters. The number of carbonyl (C=O) groups excluding carboxylic acids is 1. The van der Waals surface area contributed by atoms with Crippen LogP contribution in [0.3, 0.4) is 0 Å². The molecule has 0 aliphatic rings. The van der Waals surface area contributed by atoms with Crippen LogP contribution in [-0.2, 0) is 6.54 Å². The summed E-state index contributed by atoms with van der Waals surface area (Å²) in [7, 11) is 3.93. The lowest BCUT2D eigenvalue weighted by molar-refractivity contribution is -0.386. The number of nitrogens with one attached hydrogen (secondary N) is 1. The first-order valence-electron chi connectivity index (χ1n) is 8.94. The second kappa shape index (κ2) is 9.47. The van der Waals surface area contributed by atoms with E-state index >= 15 is 0 Å². The molecule has 1 amide bonds. The highest BCUT2D eigenvalue weighted by Crippen LogP contribution is 2.46. The third-order valence-corrected chi connectivity index (χ3v) is 4.96. The van der Waals surface area contributed by atoms with Crippen molar-refractivity contribution in [1.82, 2.24) is 9.78 Å². The van der Waals surface area contributed by atoms with Gasteiger partial charge in [0.05, 0.1) is 39.0 Å². The van der Waals surface area contributed by atoms with Gasteiger partial charge in [-0.05, 0) is 17.7 Å². The zero-order chi connectivity index (χ0) is 22.5. The SMILES string of the molecule is COc1cc(C(=O)Nc2ccnn2Cc2ccc(Br)cc2)c([N+](=O)[O-])c(OC)c1OC. The number of benzene rings is 2. The fraction of sp³-hybridized carbons (Fsp3) is 0.200. The number of hydrogen-bond acceptors (Lipinski definition) is 7. The number of carbonyl (C=O) groups is 1. The van der Waals surface area contributed by atoms with Gasteiger partial charge in [-0.15, -0.1) is 0 Å². The van der Waals surface area contributed by atoms with E-state index in [0.717, 1.165) is 10.0 Å². The standard InChI is InChI=1S/C20H19BrN4O6/c1-29-15-10-14(17(25(27)28)19(31-3)18(15)30-2)20(26)23-16-8-9-22-24(16)11-12-4-6-13(21)7-5-12/h4-10H,11H2,1-3H3,(H,23,26). The molecule has 0 fully saturated rings. The van der Waals surface area contributed by atoms with Crippen LogP contribution < -0.4 is 19.5 Å². The average molecular weight is 491 g/mol. The van der Waals surface area contributed by atoms with E-state index in [2.05, 4.69) is 26.3 Å². The minimum absolute atomic E-state index is 0.0218. The Balaban J connectivity index is 1.97. The molecule has 11 heteroatoms. The first kappa shape index (κ1) is 22.1. The molecule has 0 aliphatic heterocycles. The number of aromatic nitrogens is 2. The van der Waals surface area contributed by atoms with Crippen LogP contribution in [0.25, 0.3) is 0 Å². The summed E-state index contributed by atoms with van der Waals surface area (Å²) in [6, 6.07) is 10.5. The highest BCUT2D eigenvalue weighted by molar-refractivity contribution is 9.10. The van der Waals surface area contributed by atoms with Crippen molar-refractivity contribution in [2.75, 3.05) is 26.6 Å². The summed E-state index contributed by atoms with van der Waals surface area (Å²) in [5, 5.41) is 18.6. The van der Waals surface area contributed by atoms with Crippen LogP contribution in [-0.4, -0.2) is 41.9 Å². The monoisotopic (exact) mass is 490 g/mol. The smallest absolute Gasteiger partial charge is 0.327 e. The van der Waals surface area contributed by atoms with Crippen molar-refractivity contribution in [3.63, 3.8) is 0 Å². The van der Waals surface area contributed by atoms with Gasteiger partial charge in [0.2, 0.25) is 11.5 Å². The number of halogens is 1. The van der Waals surface area contributed by atoms with Gasteiger partial charge in [-0.3, -0.25) is 14.9 Å². The summed E-state index contributed by atoms with van der Waals surface area (Å²) in [6.07, 6.45) is 1.53. The van der Waals surface area contributed by atoms with Crippen LogP contribution in [0.1, 0.15) is 15.9 Å². The minimum Gasteiger partial charge on any atom is -0.493 e. The Bertz CT molecular complexity index is 1110. The van der Waals surface area contributed by atoms with Gasteiger partial charge in [0.15, 0.2) is 5.75 Å². The van der Waals surface area contributed by atoms with Crippen LogP contribution in [0.4, 0.5) is 11.5 Å². The Hall–Kier alpha value is -3.60. The number of rotatable bonds is 8. The lowest BCUT2D eigenvalue weighted by Crippen LogP contribution is -2.18. The number of anilines is 1. The number of nitro benzene ring substituents is 1. The zero-order valence-electron chi connectivity index (χ0n) is 16.9. The molecule has 162 valence electrons. The Labute approximate surface area is 186 Å². The fourth-order valence-electron chi connectivity index (χ4n) is 3.01. The van der Waals surface area contributed by atoms with Crippen LogP contribution >= 0.6 is 15.9 Å². The first-order valence-corrected chi connectivity index (χ1v) is 9.73. The van der Waals surface area contributed by atoms with Crippen molar-refractivity contribution in [3.8, 4) is 17.2 Å². The summed E-state index contributed by atoms with van der Waals surface area (Å²) in [5.41, 5.74) is 0.189. The number of ether oxygens (including phenoxy) is 3. The van der Waals surface area contributed by atoms with E-state index in [-0.39, 0.29) is 22.8 Å². The molecule has 31 heavy (non-hydrogen) atoms. The summed E-state index contributed by atoms with van der Waals surface area (Å²) in [6.45, 7) is 0.396. The topological polar surface area (TPSA) is 118 Å². The normalized spacial score (nSPS) is 10.5. The van der Waals surface area contributed by atoms with Gasteiger partial charge >= 0.3 is 5.69 Å². The summed E-state index contributed by atoms with van der Waals surface area (Å²) in [4.78, 5) is 24.0. The quantitative estimate of drug-likeness (QED) is 0.375. The zero-order valence-corrected chi connectivity index (χ0v) is 18.5. The molecular weight excluding hydrogens is 472 g/mol. The molecule has 1 heterocycles. The van der Waals surface area contributed by atoms with E-state index in [1.54, 1.807) is 10.7 Å². The summed E-state index contributed by atoms with van der Waals surface area (Å²) in [5.74, 6) is -0.410. The van der Waals surface area contributed by atoms with E-state index < -0.39 is 16.5 Å². The molecule has 1 aromatic heterocycles. The van der Waals surface area contributed by atoms with Crippen molar-refractivity contribution in [3.05, 3.63) is 68.3 Å². The Morgan fingerprint density at radius 3 is 2.39 bits per heavy atom. The van der Waals surface area contributed by atoms with E-state index in [0.29, 0.717) is 12.4 Å². The lowest BCUT2D eigenvalue weighted by Gasteiger charge is -2.15. The minimum atomic E-state index is -0.719. The van der Waals surface area contributed by atoms with Crippen molar-refractivity contribution in [1.29, 1.82) is 0 Å². The van der Waals surface area contributed by atoms with Gasteiger partial charge in [0, 0.05) is 16.6 Å². The molecule has 2 aromatic carbocycles. The fourth-order valence-corrected chi connectivity index (χ4v) is 3.27. The van der Waals surface area contributed by atoms with Crippen LogP contribution in [0.2, 0.25) is 0 Å². The van der Waals surface area contributed by atoms with Crippen molar-refractivity contribution in [2.45, 2.75) is 6.54 Å². The van der Waals surface area contributed by atoms with Crippen LogP contribution in [0, 0.1) is 10.1 Å². The van der Waals surface area contributed by atoms with Gasteiger partial charge in [0.25, 0.3) is 5.91 Å². The second-order valence-corrected chi connectivity index (χ2v) is 7.17. The highest BCUT2D eigenvalue weighted by Gasteiger charge is 2.32. The Morgan fingerprint density at radius 1 is 1.13 bits per heavy atom. The molecule has 0 saturated carbocycles. The molecule has 0 unspecified atom stereocenters. The van der Waals surface area contributed by atoms with Gasteiger partial charge in [-0.1, -0.05) is 28.1 Å². The maximum Gasteiger partial charge on any atom is 0.327 e. The van der Waals surface area contributed by atoms with E-state index in [4.69, 9.17) is 14.2 Å². The molecule has 3 aromatic rings. The maximum absolute atomic E-state index is 13.0. The molecule has 0 aliphatic carbocycles. The van der Waals surface area contributed by atoms with Gasteiger partial charge < -0.3 is 19.5 Å². The maximum atomic E-state index is 13.0. The number of hydrogen-bond donors (Lipinski definition) is 1. The van der Waals surface area contributed by atoms with E-state index in [1.807, 2.05) is 24.3 Å². The van der Waals surface area contributed by atoms with E-state index in [1.165, 1.54) is 33.6 Å². The molecular formula is C20H19BrN4O6. The third-order valence-electron chi connectivity index (χ3n) is 4.43. The molecule has 0 bridgehead atoms. The van der Waals surface area contributed by atoms with E-state index in [9.17, 15) is 14.9 Å². The van der Waals surface area contributed by atoms with Gasteiger partial charge in [-0.25, -0.2) is 4.68 Å². The lowest BCUT2D eigenvalue weighted by atomic mass is 10.1. The summed E-state index contributed by atoms with van der Waals surface area (Å²) >= 11 is 3.38. The number of methoxy groups -OCH3 is 3. The van der Waals surface area contributed by atoms with Crippen LogP contribution in [0.5, 0.6) is 17.2 Å². The van der Waals surface area contributed by atoms with Gasteiger partial charge in [0.1, 0.15) is 11.4 Å². The molecule has 10 nitrogen and oxygen atoms in total. The first-order chi connectivity index (χ1) is 14.9. The number of nitro groups is 1. The largest absolute Gasteiger partial charge is 0.493 e. The molecule has 0 radical (unpaired) electrons. The average Bonchev–Trinajstić information content (AvgIpc) is 3.19. The summed E-state index contributed by atoms with van der Waals surface area (Å²) < 4.78 is 18.1. The highest BCUT2D eigenvalue weighted by atomic mass is 79.9. The second-order valence-electron chi connectivity index (χ2n) is 6.25. The third kappa shape index (κ3) is 4.61. The molecule has 0 spiro atoms. The molecule has 0 saturated heterocycles. The predicted molar refractivity (Wildman–Crippen MR) is 116 cm³/mol. The van der Waals surface area contributed by atoms with Gasteiger partial charge in [-0.2, -0.15) is 5.10 Å². The molecule has 3 rings (SSSR count). The van der Waals surface area contributed by atoms with Crippen LogP contribution in [0.15, 0.2) is 47.1 Å². The Kier molecular flexibility index (Phi) is 6.75. The Morgan fingerprint density at radius 2 is 1.81 bits per heavy atom. The molecule has 1 N–H and O–H groups in total. The number of amides is 1. The number of nitrogens with zero attached hydrogens (tertiary/aromatic N) is 3.